The van der Waals surface area contributed by atoms with Crippen molar-refractivity contribution < 1.29 is 66.4 Å². The van der Waals surface area contributed by atoms with Gasteiger partial charge in [-0.05, 0) is 38.5 Å². The van der Waals surface area contributed by atoms with Crippen molar-refractivity contribution in [1.82, 2.24) is 0 Å². The van der Waals surface area contributed by atoms with Crippen molar-refractivity contribution in [2.24, 2.45) is 0 Å². The van der Waals surface area contributed by atoms with E-state index in [2.05, 4.69) is 31.2 Å². The molecule has 22 heavy (non-hydrogen) atoms. The Bertz CT molecular complexity index is 301. The van der Waals surface area contributed by atoms with Crippen molar-refractivity contribution in [2.75, 3.05) is 0 Å². The smallest absolute Gasteiger partial charge is 0.547 e. The molecule has 0 aromatic heterocycles. The van der Waals surface area contributed by atoms with Crippen LogP contribution in [0.2, 0.25) is 0 Å². The number of carbonyl (C=O) groups excluding carboxylic acids is 1. The Labute approximate surface area is 178 Å². The van der Waals surface area contributed by atoms with E-state index >= 15 is 0 Å². The van der Waals surface area contributed by atoms with Crippen LogP contribution in [0.1, 0.15) is 77.6 Å². The minimum atomic E-state index is -1.36. The molecular weight excluding hydrogens is 303 g/mol. The maximum Gasteiger partial charge on any atom is 1.00 e. The van der Waals surface area contributed by atoms with Crippen LogP contribution in [0.3, 0.4) is 0 Å². The van der Waals surface area contributed by atoms with Crippen LogP contribution in [0, 0.1) is 0 Å². The Morgan fingerprint density at radius 2 is 1.50 bits per heavy atom. The molecule has 0 aliphatic rings. The number of rotatable bonds is 14. The monoisotopic (exact) mass is 334 g/mol. The summed E-state index contributed by atoms with van der Waals surface area (Å²) in [6.45, 7) is 2.22. The fourth-order valence-corrected chi connectivity index (χ4v) is 2.09. The first-order valence-electron chi connectivity index (χ1n) is 8.37. The second-order valence-corrected chi connectivity index (χ2v) is 5.50. The van der Waals surface area contributed by atoms with E-state index in [0.29, 0.717) is 6.42 Å². The number of aliphatic hydroxyl groups excluding tert-OH is 1. The molecular formula is C18H31KO3. The second-order valence-electron chi connectivity index (χ2n) is 5.50. The maximum atomic E-state index is 10.3. The molecule has 0 heterocycles. The number of hydrogen-bond acceptors (Lipinski definition) is 3. The van der Waals surface area contributed by atoms with Crippen molar-refractivity contribution in [3.8, 4) is 0 Å². The molecule has 0 bridgehead atoms. The van der Waals surface area contributed by atoms with Gasteiger partial charge >= 0.3 is 51.4 Å². The molecule has 1 atom stereocenters. The van der Waals surface area contributed by atoms with E-state index in [4.69, 9.17) is 5.11 Å². The van der Waals surface area contributed by atoms with Gasteiger partial charge in [0, 0.05) is 0 Å². The van der Waals surface area contributed by atoms with Crippen molar-refractivity contribution in [1.29, 1.82) is 0 Å². The number of unbranched alkanes of at least 4 members (excludes halogenated alkanes) is 7. The summed E-state index contributed by atoms with van der Waals surface area (Å²) in [6, 6.07) is 0. The zero-order valence-electron chi connectivity index (χ0n) is 14.4. The fourth-order valence-electron chi connectivity index (χ4n) is 2.09. The molecule has 122 valence electrons. The molecule has 0 spiro atoms. The number of hydrogen-bond donors (Lipinski definition) is 1. The molecule has 0 saturated heterocycles. The van der Waals surface area contributed by atoms with Gasteiger partial charge in [-0.15, -0.1) is 0 Å². The molecule has 0 aromatic rings. The molecule has 0 radical (unpaired) electrons. The summed E-state index contributed by atoms with van der Waals surface area (Å²) in [5.41, 5.74) is 0. The van der Waals surface area contributed by atoms with Crippen molar-refractivity contribution in [2.45, 2.75) is 83.7 Å². The van der Waals surface area contributed by atoms with Crippen molar-refractivity contribution in [3.05, 3.63) is 24.3 Å². The van der Waals surface area contributed by atoms with Crippen LogP contribution in [-0.4, -0.2) is 17.2 Å². The third kappa shape index (κ3) is 18.6. The first-order chi connectivity index (χ1) is 10.2. The second kappa shape index (κ2) is 19.6. The molecule has 1 unspecified atom stereocenters. The predicted molar refractivity (Wildman–Crippen MR) is 85.8 cm³/mol. The van der Waals surface area contributed by atoms with E-state index in [1.54, 1.807) is 0 Å². The van der Waals surface area contributed by atoms with Gasteiger partial charge in [-0.1, -0.05) is 63.3 Å². The Balaban J connectivity index is 0. The van der Waals surface area contributed by atoms with Gasteiger partial charge in [0.2, 0.25) is 0 Å². The standard InChI is InChI=1S/C18H32O3.K/c1-2-3-4-5-6-7-8-9-10-11-12-13-14-15-16-17(19)18(20)21;/h6-7,9-10,17,19H,2-5,8,11-16H2,1H3,(H,20,21);/q;+1/p-1/b7-6-,10-9-;. The van der Waals surface area contributed by atoms with Crippen LogP contribution in [0.5, 0.6) is 0 Å². The summed E-state index contributed by atoms with van der Waals surface area (Å²) in [4.78, 5) is 10.3. The van der Waals surface area contributed by atoms with E-state index in [1.807, 2.05) is 0 Å². The molecule has 0 saturated carbocycles. The van der Waals surface area contributed by atoms with E-state index in [1.165, 1.54) is 25.7 Å². The van der Waals surface area contributed by atoms with E-state index in [-0.39, 0.29) is 51.4 Å². The molecule has 3 nitrogen and oxygen atoms in total. The Kier molecular flexibility index (Phi) is 22.1. The molecule has 0 aromatic carbocycles. The van der Waals surface area contributed by atoms with Crippen LogP contribution in [0.15, 0.2) is 24.3 Å². The molecule has 0 rings (SSSR count). The summed E-state index contributed by atoms with van der Waals surface area (Å²) in [5.74, 6) is -1.36. The molecule has 0 amide bonds. The zero-order valence-corrected chi connectivity index (χ0v) is 17.6. The van der Waals surface area contributed by atoms with Gasteiger partial charge in [0.15, 0.2) is 0 Å². The van der Waals surface area contributed by atoms with Gasteiger partial charge in [0.25, 0.3) is 0 Å². The van der Waals surface area contributed by atoms with Gasteiger partial charge in [0.05, 0.1) is 12.1 Å². The van der Waals surface area contributed by atoms with Crippen LogP contribution < -0.4 is 56.5 Å². The summed E-state index contributed by atoms with van der Waals surface area (Å²) in [6.07, 6.45) is 19.0. The average molecular weight is 335 g/mol. The van der Waals surface area contributed by atoms with Crippen LogP contribution in [0.25, 0.3) is 0 Å². The number of carbonyl (C=O) groups is 1. The minimum Gasteiger partial charge on any atom is -0.547 e. The molecule has 0 aliphatic carbocycles. The van der Waals surface area contributed by atoms with Crippen LogP contribution in [-0.2, 0) is 4.79 Å². The predicted octanol–water partition coefficient (Wildman–Crippen LogP) is 0.525. The summed E-state index contributed by atoms with van der Waals surface area (Å²) in [7, 11) is 0. The van der Waals surface area contributed by atoms with Crippen LogP contribution in [0.4, 0.5) is 0 Å². The van der Waals surface area contributed by atoms with Crippen molar-refractivity contribution in [3.63, 3.8) is 0 Å². The van der Waals surface area contributed by atoms with Crippen LogP contribution >= 0.6 is 0 Å². The topological polar surface area (TPSA) is 60.4 Å². The van der Waals surface area contributed by atoms with Gasteiger partial charge in [0.1, 0.15) is 0 Å². The average Bonchev–Trinajstić information content (AvgIpc) is 2.47. The largest absolute Gasteiger partial charge is 1.00 e. The number of allylic oxidation sites excluding steroid dienone is 4. The first-order valence-corrected chi connectivity index (χ1v) is 8.37. The normalized spacial score (nSPS) is 12.6. The first kappa shape index (κ1) is 24.8. The number of aliphatic hydroxyl groups is 1. The van der Waals surface area contributed by atoms with Gasteiger partial charge in [-0.25, -0.2) is 0 Å². The van der Waals surface area contributed by atoms with E-state index in [9.17, 15) is 9.90 Å². The Hall–Kier alpha value is 0.546. The van der Waals surface area contributed by atoms with E-state index in [0.717, 1.165) is 38.5 Å². The Morgan fingerprint density at radius 3 is 2.05 bits per heavy atom. The van der Waals surface area contributed by atoms with Gasteiger partial charge < -0.3 is 15.0 Å². The minimum absolute atomic E-state index is 0. The molecule has 0 fully saturated rings. The maximum absolute atomic E-state index is 10.3. The summed E-state index contributed by atoms with van der Waals surface area (Å²) < 4.78 is 0. The molecule has 4 heteroatoms. The summed E-state index contributed by atoms with van der Waals surface area (Å²) >= 11 is 0. The SMILES string of the molecule is CCCCC/C=C\C/C=C\CCCCCCC(O)C(=O)[O-].[K+]. The number of carboxylic acids is 1. The number of carboxylic acid groups (broad SMARTS) is 1. The zero-order chi connectivity index (χ0) is 15.8. The summed E-state index contributed by atoms with van der Waals surface area (Å²) in [5, 5.41) is 19.3. The Morgan fingerprint density at radius 1 is 0.955 bits per heavy atom. The van der Waals surface area contributed by atoms with Gasteiger partial charge in [-0.3, -0.25) is 0 Å². The van der Waals surface area contributed by atoms with E-state index < -0.39 is 12.1 Å². The van der Waals surface area contributed by atoms with Gasteiger partial charge in [-0.2, -0.15) is 0 Å². The fraction of sp³-hybridized carbons (Fsp3) is 0.722. The molecule has 1 N–H and O–H groups in total. The third-order valence-electron chi connectivity index (χ3n) is 3.45. The quantitative estimate of drug-likeness (QED) is 0.286. The van der Waals surface area contributed by atoms with Crippen molar-refractivity contribution >= 4 is 5.97 Å². The third-order valence-corrected chi connectivity index (χ3v) is 3.45. The molecule has 0 aliphatic heterocycles. The number of aliphatic carboxylic acids is 1.